The molecule has 0 saturated carbocycles. The van der Waals surface area contributed by atoms with E-state index in [1.165, 1.54) is 0 Å². The van der Waals surface area contributed by atoms with Gasteiger partial charge in [-0.15, -0.1) is 0 Å². The van der Waals surface area contributed by atoms with Gasteiger partial charge in [0.05, 0.1) is 39.6 Å². The van der Waals surface area contributed by atoms with E-state index in [1.54, 1.807) is 6.20 Å². The summed E-state index contributed by atoms with van der Waals surface area (Å²) < 4.78 is 27.8. The third-order valence-corrected chi connectivity index (χ3v) is 4.06. The fraction of sp³-hybridized carbons (Fsp3) is 0.348. The average Bonchev–Trinajstić information content (AvgIpc) is 2.77. The minimum Gasteiger partial charge on any atom is -0.491 e. The molecule has 29 heavy (non-hydrogen) atoms. The molecule has 154 valence electrons. The predicted octanol–water partition coefficient (Wildman–Crippen LogP) is 3.74. The normalized spacial score (nSPS) is 10.9. The van der Waals surface area contributed by atoms with Gasteiger partial charge in [0.2, 0.25) is 0 Å². The zero-order valence-corrected chi connectivity index (χ0v) is 16.5. The van der Waals surface area contributed by atoms with Crippen molar-refractivity contribution in [3.8, 4) is 11.5 Å². The van der Waals surface area contributed by atoms with Crippen LogP contribution in [0, 0.1) is 0 Å². The highest BCUT2D eigenvalue weighted by atomic mass is 16.6. The quantitative estimate of drug-likeness (QED) is 0.386. The van der Waals surface area contributed by atoms with Gasteiger partial charge in [-0.25, -0.2) is 0 Å². The number of rotatable bonds is 14. The van der Waals surface area contributed by atoms with Gasteiger partial charge in [-0.2, -0.15) is 0 Å². The van der Waals surface area contributed by atoms with Crippen molar-refractivity contribution in [2.24, 2.45) is 0 Å². The van der Waals surface area contributed by atoms with Crippen LogP contribution < -0.4 is 9.47 Å². The van der Waals surface area contributed by atoms with Gasteiger partial charge < -0.3 is 23.7 Å². The maximum atomic E-state index is 5.77. The van der Waals surface area contributed by atoms with Crippen LogP contribution >= 0.6 is 0 Å². The van der Waals surface area contributed by atoms with Crippen LogP contribution in [0.4, 0.5) is 0 Å². The average molecular weight is 397 g/mol. The summed E-state index contributed by atoms with van der Waals surface area (Å²) in [5, 5.41) is 1.06. The molecule has 0 unspecified atom stereocenters. The van der Waals surface area contributed by atoms with Crippen molar-refractivity contribution in [2.45, 2.75) is 0 Å². The highest BCUT2D eigenvalue weighted by molar-refractivity contribution is 5.84. The summed E-state index contributed by atoms with van der Waals surface area (Å²) in [4.78, 5) is 4.37. The molecule has 0 aliphatic rings. The number of benzene rings is 2. The molecule has 3 rings (SSSR count). The zero-order valence-electron chi connectivity index (χ0n) is 16.5. The molecule has 3 aromatic rings. The van der Waals surface area contributed by atoms with E-state index in [0.29, 0.717) is 52.9 Å². The molecule has 0 N–H and O–H groups in total. The Labute approximate surface area is 171 Å². The lowest BCUT2D eigenvalue weighted by atomic mass is 10.2. The first-order chi connectivity index (χ1) is 14.4. The topological polar surface area (TPSA) is 59.0 Å². The molecule has 1 aromatic heterocycles. The molecule has 0 radical (unpaired) electrons. The van der Waals surface area contributed by atoms with Crippen molar-refractivity contribution in [2.75, 3.05) is 52.9 Å². The molecule has 6 nitrogen and oxygen atoms in total. The maximum absolute atomic E-state index is 5.77. The van der Waals surface area contributed by atoms with Crippen LogP contribution in [0.2, 0.25) is 0 Å². The van der Waals surface area contributed by atoms with E-state index in [2.05, 4.69) is 4.98 Å². The van der Waals surface area contributed by atoms with E-state index in [4.69, 9.17) is 23.7 Å². The lowest BCUT2D eigenvalue weighted by Crippen LogP contribution is -2.14. The Bertz CT molecular complexity index is 822. The monoisotopic (exact) mass is 397 g/mol. The molecule has 0 bridgehead atoms. The number of para-hydroxylation sites is 2. The summed E-state index contributed by atoms with van der Waals surface area (Å²) in [6, 6.07) is 19.5. The first kappa shape index (κ1) is 21.0. The maximum Gasteiger partial charge on any atom is 0.145 e. The van der Waals surface area contributed by atoms with E-state index in [-0.39, 0.29) is 0 Å². The number of hydrogen-bond acceptors (Lipinski definition) is 6. The van der Waals surface area contributed by atoms with Crippen LogP contribution in [0.15, 0.2) is 66.9 Å². The van der Waals surface area contributed by atoms with Crippen LogP contribution in [-0.4, -0.2) is 57.8 Å². The zero-order chi connectivity index (χ0) is 20.0. The van der Waals surface area contributed by atoms with E-state index in [1.807, 2.05) is 60.7 Å². The number of pyridine rings is 1. The van der Waals surface area contributed by atoms with Gasteiger partial charge in [-0.1, -0.05) is 36.4 Å². The highest BCUT2D eigenvalue weighted by Crippen LogP contribution is 2.22. The Balaban J connectivity index is 1.13. The summed E-state index contributed by atoms with van der Waals surface area (Å²) in [5.41, 5.74) is 0.868. The lowest BCUT2D eigenvalue weighted by Gasteiger charge is -2.10. The molecule has 1 heterocycles. The molecular weight excluding hydrogens is 370 g/mol. The smallest absolute Gasteiger partial charge is 0.145 e. The fourth-order valence-corrected chi connectivity index (χ4v) is 2.68. The van der Waals surface area contributed by atoms with E-state index in [0.717, 1.165) is 22.4 Å². The Morgan fingerprint density at radius 3 is 1.90 bits per heavy atom. The van der Waals surface area contributed by atoms with Crippen molar-refractivity contribution in [3.63, 3.8) is 0 Å². The second-order valence-corrected chi connectivity index (χ2v) is 6.18. The van der Waals surface area contributed by atoms with Gasteiger partial charge in [0.15, 0.2) is 0 Å². The van der Waals surface area contributed by atoms with E-state index >= 15 is 0 Å². The van der Waals surface area contributed by atoms with E-state index < -0.39 is 0 Å². The SMILES string of the molecule is c1ccc(OCCOCCOCCOCCOc2cccc3cccnc23)cc1. The Morgan fingerprint density at radius 2 is 1.17 bits per heavy atom. The van der Waals surface area contributed by atoms with Gasteiger partial charge in [0, 0.05) is 11.6 Å². The van der Waals surface area contributed by atoms with Crippen molar-refractivity contribution >= 4 is 10.9 Å². The third kappa shape index (κ3) is 7.69. The number of hydrogen-bond donors (Lipinski definition) is 0. The van der Waals surface area contributed by atoms with Crippen LogP contribution in [-0.2, 0) is 14.2 Å². The van der Waals surface area contributed by atoms with Gasteiger partial charge in [0.25, 0.3) is 0 Å². The Kier molecular flexibility index (Phi) is 9.23. The van der Waals surface area contributed by atoms with Crippen LogP contribution in [0.3, 0.4) is 0 Å². The van der Waals surface area contributed by atoms with Gasteiger partial charge in [-0.05, 0) is 24.3 Å². The second kappa shape index (κ2) is 12.7. The molecule has 0 atom stereocenters. The van der Waals surface area contributed by atoms with Crippen molar-refractivity contribution in [1.29, 1.82) is 0 Å². The predicted molar refractivity (Wildman–Crippen MR) is 112 cm³/mol. The standard InChI is InChI=1S/C23H27NO5/c1-2-8-21(9-3-1)28-18-16-26-14-12-25-13-15-27-17-19-29-22-10-4-6-20-7-5-11-24-23(20)22/h1-11H,12-19H2. The molecule has 0 saturated heterocycles. The molecule has 0 fully saturated rings. The molecule has 0 spiro atoms. The Hall–Kier alpha value is -2.67. The summed E-state index contributed by atoms with van der Waals surface area (Å²) >= 11 is 0. The van der Waals surface area contributed by atoms with Gasteiger partial charge >= 0.3 is 0 Å². The minimum atomic E-state index is 0.472. The largest absolute Gasteiger partial charge is 0.491 e. The number of ether oxygens (including phenoxy) is 5. The van der Waals surface area contributed by atoms with Crippen molar-refractivity contribution in [1.82, 2.24) is 4.98 Å². The van der Waals surface area contributed by atoms with Crippen molar-refractivity contribution in [3.05, 3.63) is 66.9 Å². The first-order valence-electron chi connectivity index (χ1n) is 9.81. The third-order valence-electron chi connectivity index (χ3n) is 4.06. The summed E-state index contributed by atoms with van der Waals surface area (Å²) in [5.74, 6) is 1.63. The molecule has 0 aliphatic carbocycles. The number of nitrogens with zero attached hydrogens (tertiary/aromatic N) is 1. The molecule has 6 heteroatoms. The fourth-order valence-electron chi connectivity index (χ4n) is 2.68. The Morgan fingerprint density at radius 1 is 0.552 bits per heavy atom. The lowest BCUT2D eigenvalue weighted by molar-refractivity contribution is 0.00505. The summed E-state index contributed by atoms with van der Waals surface area (Å²) in [7, 11) is 0. The molecule has 0 aliphatic heterocycles. The van der Waals surface area contributed by atoms with Gasteiger partial charge in [0.1, 0.15) is 30.2 Å². The molecular formula is C23H27NO5. The van der Waals surface area contributed by atoms with Crippen LogP contribution in [0.1, 0.15) is 0 Å². The molecule has 2 aromatic carbocycles. The summed E-state index contributed by atoms with van der Waals surface area (Å²) in [6.07, 6.45) is 1.77. The molecule has 0 amide bonds. The number of fused-ring (bicyclic) bond motifs is 1. The second-order valence-electron chi connectivity index (χ2n) is 6.18. The minimum absolute atomic E-state index is 0.472. The van der Waals surface area contributed by atoms with Crippen LogP contribution in [0.5, 0.6) is 11.5 Å². The van der Waals surface area contributed by atoms with Gasteiger partial charge in [-0.3, -0.25) is 4.98 Å². The summed E-state index contributed by atoms with van der Waals surface area (Å²) in [6.45, 7) is 4.16. The van der Waals surface area contributed by atoms with E-state index in [9.17, 15) is 0 Å². The number of aromatic nitrogens is 1. The van der Waals surface area contributed by atoms with Crippen molar-refractivity contribution < 1.29 is 23.7 Å². The van der Waals surface area contributed by atoms with Crippen LogP contribution in [0.25, 0.3) is 10.9 Å². The first-order valence-corrected chi connectivity index (χ1v) is 9.81. The highest BCUT2D eigenvalue weighted by Gasteiger charge is 2.02.